The second-order valence-corrected chi connectivity index (χ2v) is 7.61. The molecule has 184 valence electrons. The van der Waals surface area contributed by atoms with E-state index in [2.05, 4.69) is 20.1 Å². The summed E-state index contributed by atoms with van der Waals surface area (Å²) in [7, 11) is 1.54. The normalized spacial score (nSPS) is 10.6. The molecule has 0 fully saturated rings. The van der Waals surface area contributed by atoms with Crippen LogP contribution in [-0.4, -0.2) is 29.0 Å². The highest BCUT2D eigenvalue weighted by atomic mass is 19.1. The highest BCUT2D eigenvalue weighted by Crippen LogP contribution is 2.26. The lowest BCUT2D eigenvalue weighted by Crippen LogP contribution is -2.27. The van der Waals surface area contributed by atoms with E-state index in [-0.39, 0.29) is 41.2 Å². The number of rotatable bonds is 8. The number of methoxy groups -OCH3 is 1. The van der Waals surface area contributed by atoms with Gasteiger partial charge in [-0.3, -0.25) is 9.59 Å². The quantitative estimate of drug-likeness (QED) is 0.318. The zero-order chi connectivity index (χ0) is 25.7. The van der Waals surface area contributed by atoms with E-state index in [1.165, 1.54) is 18.2 Å². The van der Waals surface area contributed by atoms with Gasteiger partial charge in [0.15, 0.2) is 17.4 Å². The Labute approximate surface area is 203 Å². The van der Waals surface area contributed by atoms with Crippen LogP contribution >= 0.6 is 0 Å². The predicted octanol–water partition coefficient (Wildman–Crippen LogP) is 2.61. The number of carbonyl (C=O) groups excluding carboxylic acids is 2. The van der Waals surface area contributed by atoms with E-state index in [9.17, 15) is 18.8 Å². The van der Waals surface area contributed by atoms with Gasteiger partial charge in [-0.15, -0.1) is 0 Å². The zero-order valence-electron chi connectivity index (χ0n) is 19.0. The molecule has 0 saturated heterocycles. The fourth-order valence-electron chi connectivity index (χ4n) is 3.44. The van der Waals surface area contributed by atoms with E-state index in [1.54, 1.807) is 37.4 Å². The topological polar surface area (TPSA) is 146 Å². The third-order valence-electron chi connectivity index (χ3n) is 5.26. The number of nitrogens with zero attached hydrogens (tertiary/aromatic N) is 1. The molecule has 36 heavy (non-hydrogen) atoms. The number of aromatic amines is 1. The van der Waals surface area contributed by atoms with E-state index >= 15 is 0 Å². The van der Waals surface area contributed by atoms with Crippen LogP contribution in [0, 0.1) is 5.82 Å². The number of hydrogen-bond donors (Lipinski definition) is 3. The number of benzene rings is 3. The molecule has 1 amide bonds. The Balaban J connectivity index is 1.53. The third-order valence-corrected chi connectivity index (χ3v) is 5.26. The second-order valence-electron chi connectivity index (χ2n) is 7.61. The molecule has 1 aromatic heterocycles. The molecule has 4 N–H and O–H groups in total. The van der Waals surface area contributed by atoms with Gasteiger partial charge in [-0.1, -0.05) is 24.3 Å². The Bertz CT molecular complexity index is 1490. The van der Waals surface area contributed by atoms with E-state index in [4.69, 9.17) is 15.4 Å². The lowest BCUT2D eigenvalue weighted by Gasteiger charge is -2.11. The SMILES string of the molecule is COc1cccc(CNC(=O)c2nc3ccc(F)c(OCc4ccc(C(=O)ON)cc4)c3c(=O)[nH]2)c1. The van der Waals surface area contributed by atoms with Crippen LogP contribution in [0.1, 0.15) is 32.1 Å². The number of nitrogens with one attached hydrogen (secondary N) is 2. The van der Waals surface area contributed by atoms with Gasteiger partial charge in [-0.2, -0.15) is 5.90 Å². The van der Waals surface area contributed by atoms with Crippen molar-refractivity contribution in [1.82, 2.24) is 15.3 Å². The summed E-state index contributed by atoms with van der Waals surface area (Å²) >= 11 is 0. The van der Waals surface area contributed by atoms with Gasteiger partial charge in [0.05, 0.1) is 18.2 Å². The molecule has 4 rings (SSSR count). The largest absolute Gasteiger partial charge is 0.497 e. The molecule has 0 atom stereocenters. The number of carbonyl (C=O) groups is 2. The van der Waals surface area contributed by atoms with Crippen molar-refractivity contribution in [3.05, 3.63) is 99.3 Å². The van der Waals surface area contributed by atoms with Crippen LogP contribution in [0.4, 0.5) is 4.39 Å². The molecular formula is C25H21FN4O6. The standard InChI is InChI=1S/C25H21FN4O6/c1-34-17-4-2-3-15(11-17)12-28-24(32)22-29-19-10-9-18(26)21(20(19)23(31)30-22)35-13-14-5-7-16(8-6-14)25(33)36-27/h2-11H,12-13,27H2,1H3,(H,28,32)(H,29,30,31). The first kappa shape index (κ1) is 24.4. The van der Waals surface area contributed by atoms with Crippen LogP contribution in [0.15, 0.2) is 65.5 Å². The highest BCUT2D eigenvalue weighted by Gasteiger charge is 2.18. The Morgan fingerprint density at radius 2 is 1.86 bits per heavy atom. The smallest absolute Gasteiger partial charge is 0.356 e. The number of nitrogens with two attached hydrogens (primary N) is 1. The number of amides is 1. The second kappa shape index (κ2) is 10.7. The van der Waals surface area contributed by atoms with Gasteiger partial charge in [0, 0.05) is 6.54 Å². The molecule has 3 aromatic carbocycles. The monoisotopic (exact) mass is 492 g/mol. The molecular weight excluding hydrogens is 471 g/mol. The van der Waals surface area contributed by atoms with Gasteiger partial charge < -0.3 is 24.6 Å². The van der Waals surface area contributed by atoms with Crippen LogP contribution in [0.2, 0.25) is 0 Å². The lowest BCUT2D eigenvalue weighted by molar-refractivity contribution is 0.0503. The van der Waals surface area contributed by atoms with Gasteiger partial charge in [-0.05, 0) is 47.5 Å². The minimum Gasteiger partial charge on any atom is -0.497 e. The minimum absolute atomic E-state index is 0.0859. The van der Waals surface area contributed by atoms with Crippen molar-refractivity contribution in [3.63, 3.8) is 0 Å². The molecule has 0 radical (unpaired) electrons. The number of H-pyrrole nitrogens is 1. The molecule has 0 bridgehead atoms. The summed E-state index contributed by atoms with van der Waals surface area (Å²) in [5.74, 6) is 2.88. The fourth-order valence-corrected chi connectivity index (χ4v) is 3.44. The Kier molecular flexibility index (Phi) is 7.21. The van der Waals surface area contributed by atoms with E-state index in [0.717, 1.165) is 11.6 Å². The van der Waals surface area contributed by atoms with E-state index < -0.39 is 23.3 Å². The first-order chi connectivity index (χ1) is 17.4. The average molecular weight is 492 g/mol. The van der Waals surface area contributed by atoms with Crippen LogP contribution in [-0.2, 0) is 18.0 Å². The fraction of sp³-hybridized carbons (Fsp3) is 0.120. The molecule has 0 spiro atoms. The zero-order valence-corrected chi connectivity index (χ0v) is 19.0. The summed E-state index contributed by atoms with van der Waals surface area (Å²) in [5, 5.41) is 2.54. The molecule has 11 heteroatoms. The number of hydrogen-bond acceptors (Lipinski definition) is 8. The first-order valence-electron chi connectivity index (χ1n) is 10.7. The Morgan fingerprint density at radius 1 is 1.08 bits per heavy atom. The van der Waals surface area contributed by atoms with Crippen molar-refractivity contribution >= 4 is 22.8 Å². The molecule has 1 heterocycles. The molecule has 0 saturated carbocycles. The van der Waals surface area contributed by atoms with Crippen molar-refractivity contribution in [1.29, 1.82) is 0 Å². The van der Waals surface area contributed by atoms with E-state index in [1.807, 2.05) is 6.07 Å². The highest BCUT2D eigenvalue weighted by molar-refractivity contribution is 5.93. The lowest BCUT2D eigenvalue weighted by atomic mass is 10.1. The number of aromatic nitrogens is 2. The summed E-state index contributed by atoms with van der Waals surface area (Å²) in [4.78, 5) is 47.6. The van der Waals surface area contributed by atoms with Crippen LogP contribution in [0.5, 0.6) is 11.5 Å². The number of fused-ring (bicyclic) bond motifs is 1. The molecule has 0 aliphatic rings. The number of halogens is 1. The summed E-state index contributed by atoms with van der Waals surface area (Å²) in [5.41, 5.74) is 0.967. The van der Waals surface area contributed by atoms with Crippen LogP contribution in [0.25, 0.3) is 10.9 Å². The average Bonchev–Trinajstić information content (AvgIpc) is 2.91. The van der Waals surface area contributed by atoms with Crippen molar-refractivity contribution in [2.24, 2.45) is 5.90 Å². The maximum atomic E-state index is 14.6. The summed E-state index contributed by atoms with van der Waals surface area (Å²) in [6, 6.07) is 15.6. The molecule has 0 unspecified atom stereocenters. The minimum atomic E-state index is -0.770. The predicted molar refractivity (Wildman–Crippen MR) is 127 cm³/mol. The first-order valence-corrected chi connectivity index (χ1v) is 10.7. The van der Waals surface area contributed by atoms with Crippen molar-refractivity contribution in [2.45, 2.75) is 13.2 Å². The van der Waals surface area contributed by atoms with Crippen molar-refractivity contribution in [3.8, 4) is 11.5 Å². The molecule has 0 aliphatic heterocycles. The van der Waals surface area contributed by atoms with E-state index in [0.29, 0.717) is 11.3 Å². The van der Waals surface area contributed by atoms with Gasteiger partial charge in [0.1, 0.15) is 17.7 Å². The van der Waals surface area contributed by atoms with Crippen molar-refractivity contribution < 1.29 is 28.3 Å². The van der Waals surface area contributed by atoms with Gasteiger partial charge in [-0.25, -0.2) is 14.2 Å². The Morgan fingerprint density at radius 3 is 2.58 bits per heavy atom. The van der Waals surface area contributed by atoms with Crippen LogP contribution < -0.4 is 26.2 Å². The van der Waals surface area contributed by atoms with Crippen LogP contribution in [0.3, 0.4) is 0 Å². The summed E-state index contributed by atoms with van der Waals surface area (Å²) in [6.45, 7) is 0.0769. The summed E-state index contributed by atoms with van der Waals surface area (Å²) in [6.07, 6.45) is 0. The Hall–Kier alpha value is -4.77. The molecule has 4 aromatic rings. The van der Waals surface area contributed by atoms with Gasteiger partial charge in [0.2, 0.25) is 0 Å². The van der Waals surface area contributed by atoms with Gasteiger partial charge >= 0.3 is 5.97 Å². The molecule has 0 aliphatic carbocycles. The maximum absolute atomic E-state index is 14.6. The maximum Gasteiger partial charge on any atom is 0.356 e. The third kappa shape index (κ3) is 5.31. The number of ether oxygens (including phenoxy) is 2. The summed E-state index contributed by atoms with van der Waals surface area (Å²) < 4.78 is 25.3. The van der Waals surface area contributed by atoms with Gasteiger partial charge in [0.25, 0.3) is 11.5 Å². The molecule has 10 nitrogen and oxygen atoms in total. The van der Waals surface area contributed by atoms with Crippen molar-refractivity contribution in [2.75, 3.05) is 7.11 Å².